The number of hydrogen-bond donors (Lipinski definition) is 1. The van der Waals surface area contributed by atoms with Crippen molar-refractivity contribution in [3.8, 4) is 0 Å². The van der Waals surface area contributed by atoms with Crippen molar-refractivity contribution in [1.29, 1.82) is 0 Å². The highest BCUT2D eigenvalue weighted by Crippen LogP contribution is 2.20. The fourth-order valence-electron chi connectivity index (χ4n) is 1.77. The van der Waals surface area contributed by atoms with Crippen LogP contribution in [0, 0.1) is 5.82 Å². The van der Waals surface area contributed by atoms with Gasteiger partial charge in [-0.1, -0.05) is 19.1 Å². The molecular weight excluding hydrogens is 219 g/mol. The van der Waals surface area contributed by atoms with Gasteiger partial charge < -0.3 is 10.2 Å². The Hall–Kier alpha value is -1.42. The topological polar surface area (TPSA) is 32.3 Å². The minimum absolute atomic E-state index is 0.163. The molecule has 4 heteroatoms. The summed E-state index contributed by atoms with van der Waals surface area (Å²) in [6.45, 7) is 6.19. The van der Waals surface area contributed by atoms with Crippen molar-refractivity contribution >= 4 is 11.6 Å². The Morgan fingerprint density at radius 1 is 1.41 bits per heavy atom. The fraction of sp³-hybridized carbons (Fsp3) is 0.462. The highest BCUT2D eigenvalue weighted by atomic mass is 19.1. The first-order chi connectivity index (χ1) is 7.90. The Balaban J connectivity index is 2.94. The van der Waals surface area contributed by atoms with Gasteiger partial charge in [0.05, 0.1) is 11.2 Å². The molecule has 1 N–H and O–H groups in total. The van der Waals surface area contributed by atoms with Crippen molar-refractivity contribution in [2.75, 3.05) is 18.5 Å². The van der Waals surface area contributed by atoms with E-state index >= 15 is 0 Å². The second kappa shape index (κ2) is 5.27. The molecule has 1 aromatic rings. The summed E-state index contributed by atoms with van der Waals surface area (Å²) >= 11 is 0. The highest BCUT2D eigenvalue weighted by Gasteiger charge is 2.30. The molecule has 0 saturated heterocycles. The van der Waals surface area contributed by atoms with E-state index in [1.165, 1.54) is 11.0 Å². The van der Waals surface area contributed by atoms with Crippen molar-refractivity contribution in [3.05, 3.63) is 30.1 Å². The lowest BCUT2D eigenvalue weighted by Gasteiger charge is -2.30. The molecule has 3 nitrogen and oxygen atoms in total. The van der Waals surface area contributed by atoms with Gasteiger partial charge in [0.15, 0.2) is 0 Å². The maximum absolute atomic E-state index is 13.6. The van der Waals surface area contributed by atoms with E-state index in [2.05, 4.69) is 5.32 Å². The summed E-state index contributed by atoms with van der Waals surface area (Å²) in [5.41, 5.74) is -0.408. The van der Waals surface area contributed by atoms with Crippen molar-refractivity contribution < 1.29 is 9.18 Å². The van der Waals surface area contributed by atoms with Gasteiger partial charge in [-0.2, -0.15) is 0 Å². The molecule has 0 radical (unpaired) electrons. The second-order valence-electron chi connectivity index (χ2n) is 4.47. The number of halogens is 1. The minimum Gasteiger partial charge on any atom is -0.311 e. The summed E-state index contributed by atoms with van der Waals surface area (Å²) in [4.78, 5) is 13.5. The number of likely N-dealkylation sites (N-methyl/N-ethyl adjacent to an activating group) is 2. The van der Waals surface area contributed by atoms with E-state index < -0.39 is 11.4 Å². The van der Waals surface area contributed by atoms with Gasteiger partial charge >= 0.3 is 0 Å². The average molecular weight is 238 g/mol. The monoisotopic (exact) mass is 238 g/mol. The fourth-order valence-corrected chi connectivity index (χ4v) is 1.77. The summed E-state index contributed by atoms with van der Waals surface area (Å²) in [6.07, 6.45) is 0. The van der Waals surface area contributed by atoms with E-state index in [0.29, 0.717) is 12.2 Å². The van der Waals surface area contributed by atoms with Gasteiger partial charge in [0.25, 0.3) is 0 Å². The first kappa shape index (κ1) is 13.6. The van der Waals surface area contributed by atoms with E-state index in [1.54, 1.807) is 39.1 Å². The van der Waals surface area contributed by atoms with Gasteiger partial charge in [0, 0.05) is 7.05 Å². The van der Waals surface area contributed by atoms with Crippen LogP contribution in [0.2, 0.25) is 0 Å². The number of anilines is 1. The van der Waals surface area contributed by atoms with Crippen LogP contribution in [0.25, 0.3) is 0 Å². The van der Waals surface area contributed by atoms with Crippen molar-refractivity contribution in [2.45, 2.75) is 26.3 Å². The van der Waals surface area contributed by atoms with Crippen molar-refractivity contribution in [1.82, 2.24) is 5.32 Å². The molecule has 0 spiro atoms. The average Bonchev–Trinajstić information content (AvgIpc) is 2.27. The third-order valence-electron chi connectivity index (χ3n) is 2.67. The van der Waals surface area contributed by atoms with Gasteiger partial charge in [0.1, 0.15) is 5.82 Å². The van der Waals surface area contributed by atoms with Gasteiger partial charge in [0.2, 0.25) is 5.91 Å². The molecule has 1 aromatic carbocycles. The van der Waals surface area contributed by atoms with Crippen LogP contribution in [0.4, 0.5) is 10.1 Å². The molecule has 0 saturated carbocycles. The number of carbonyl (C=O) groups is 1. The van der Waals surface area contributed by atoms with Crippen LogP contribution in [-0.4, -0.2) is 25.0 Å². The molecule has 0 unspecified atom stereocenters. The first-order valence-electron chi connectivity index (χ1n) is 5.68. The number of para-hydroxylation sites is 1. The molecular formula is C13H19FN2O. The Labute approximate surface area is 102 Å². The minimum atomic E-state index is -0.703. The van der Waals surface area contributed by atoms with Crippen LogP contribution >= 0.6 is 0 Å². The van der Waals surface area contributed by atoms with Gasteiger partial charge in [-0.25, -0.2) is 4.39 Å². The molecule has 94 valence electrons. The van der Waals surface area contributed by atoms with Crippen molar-refractivity contribution in [3.63, 3.8) is 0 Å². The highest BCUT2D eigenvalue weighted by molar-refractivity contribution is 5.99. The summed E-state index contributed by atoms with van der Waals surface area (Å²) in [5.74, 6) is -0.555. The largest absolute Gasteiger partial charge is 0.311 e. The zero-order valence-corrected chi connectivity index (χ0v) is 10.7. The Kier molecular flexibility index (Phi) is 4.23. The van der Waals surface area contributed by atoms with Crippen LogP contribution in [0.5, 0.6) is 0 Å². The quantitative estimate of drug-likeness (QED) is 0.872. The van der Waals surface area contributed by atoms with Gasteiger partial charge in [-0.05, 0) is 32.5 Å². The van der Waals surface area contributed by atoms with E-state index in [-0.39, 0.29) is 5.91 Å². The smallest absolute Gasteiger partial charge is 0.246 e. The maximum Gasteiger partial charge on any atom is 0.246 e. The SMILES string of the molecule is CCNC(C)(C)C(=O)N(C)c1ccccc1F. The van der Waals surface area contributed by atoms with E-state index in [1.807, 2.05) is 6.92 Å². The third kappa shape index (κ3) is 3.03. The molecule has 0 aliphatic rings. The Bertz CT molecular complexity index is 404. The number of amides is 1. The molecule has 0 bridgehead atoms. The Morgan fingerprint density at radius 2 is 2.00 bits per heavy atom. The summed E-state index contributed by atoms with van der Waals surface area (Å²) in [6, 6.07) is 6.25. The zero-order valence-electron chi connectivity index (χ0n) is 10.7. The number of nitrogens with zero attached hydrogens (tertiary/aromatic N) is 1. The molecule has 0 aliphatic heterocycles. The lowest BCUT2D eigenvalue weighted by atomic mass is 10.0. The number of hydrogen-bond acceptors (Lipinski definition) is 2. The predicted octanol–water partition coefficient (Wildman–Crippen LogP) is 2.18. The molecule has 0 atom stereocenters. The normalized spacial score (nSPS) is 11.4. The number of carbonyl (C=O) groups excluding carboxylic acids is 1. The zero-order chi connectivity index (χ0) is 13.1. The van der Waals surface area contributed by atoms with Gasteiger partial charge in [-0.3, -0.25) is 4.79 Å². The summed E-state index contributed by atoms with van der Waals surface area (Å²) in [7, 11) is 1.58. The van der Waals surface area contributed by atoms with Crippen LogP contribution < -0.4 is 10.2 Å². The molecule has 1 amide bonds. The molecule has 17 heavy (non-hydrogen) atoms. The van der Waals surface area contributed by atoms with E-state index in [9.17, 15) is 9.18 Å². The van der Waals surface area contributed by atoms with Crippen LogP contribution in [0.15, 0.2) is 24.3 Å². The number of rotatable bonds is 4. The first-order valence-corrected chi connectivity index (χ1v) is 5.68. The van der Waals surface area contributed by atoms with E-state index in [4.69, 9.17) is 0 Å². The Morgan fingerprint density at radius 3 is 2.53 bits per heavy atom. The van der Waals surface area contributed by atoms with Crippen molar-refractivity contribution in [2.24, 2.45) is 0 Å². The lowest BCUT2D eigenvalue weighted by Crippen LogP contribution is -2.53. The third-order valence-corrected chi connectivity index (χ3v) is 2.67. The number of benzene rings is 1. The molecule has 0 heterocycles. The molecule has 1 rings (SSSR count). The number of nitrogens with one attached hydrogen (secondary N) is 1. The maximum atomic E-state index is 13.6. The lowest BCUT2D eigenvalue weighted by molar-refractivity contribution is -0.123. The standard InChI is InChI=1S/C13H19FN2O/c1-5-15-13(2,3)12(17)16(4)11-9-7-6-8-10(11)14/h6-9,15H,5H2,1-4H3. The predicted molar refractivity (Wildman–Crippen MR) is 67.6 cm³/mol. The molecule has 0 fully saturated rings. The van der Waals surface area contributed by atoms with Crippen LogP contribution in [-0.2, 0) is 4.79 Å². The van der Waals surface area contributed by atoms with Crippen LogP contribution in [0.1, 0.15) is 20.8 Å². The summed E-state index contributed by atoms with van der Waals surface area (Å²) in [5, 5.41) is 3.08. The van der Waals surface area contributed by atoms with E-state index in [0.717, 1.165) is 0 Å². The van der Waals surface area contributed by atoms with Crippen LogP contribution in [0.3, 0.4) is 0 Å². The summed E-state index contributed by atoms with van der Waals surface area (Å²) < 4.78 is 13.6. The molecule has 0 aromatic heterocycles. The molecule has 0 aliphatic carbocycles. The second-order valence-corrected chi connectivity index (χ2v) is 4.47. The van der Waals surface area contributed by atoms with Gasteiger partial charge in [-0.15, -0.1) is 0 Å².